The van der Waals surface area contributed by atoms with Crippen molar-refractivity contribution in [2.24, 2.45) is 5.92 Å². The number of nitrogens with zero attached hydrogens (tertiary/aromatic N) is 1. The predicted molar refractivity (Wildman–Crippen MR) is 102 cm³/mol. The Balaban J connectivity index is 2.16. The highest BCUT2D eigenvalue weighted by Crippen LogP contribution is 2.27. The van der Waals surface area contributed by atoms with Crippen LogP contribution in [0.2, 0.25) is 5.02 Å². The maximum Gasteiger partial charge on any atom is 0.253 e. The molecule has 0 aliphatic carbocycles. The van der Waals surface area contributed by atoms with Crippen LogP contribution in [0.25, 0.3) is 0 Å². The van der Waals surface area contributed by atoms with Gasteiger partial charge in [0, 0.05) is 30.4 Å². The molecule has 0 saturated carbocycles. The lowest BCUT2D eigenvalue weighted by Crippen LogP contribution is -2.25. The molecular weight excluding hydrogens is 336 g/mol. The van der Waals surface area contributed by atoms with E-state index >= 15 is 0 Å². The van der Waals surface area contributed by atoms with E-state index in [4.69, 9.17) is 11.6 Å². The van der Waals surface area contributed by atoms with Gasteiger partial charge < -0.3 is 10.2 Å². The van der Waals surface area contributed by atoms with E-state index in [1.165, 1.54) is 4.90 Å². The number of nitrogens with one attached hydrogen (secondary N) is 1. The standard InChI is InChI=1S/C20H23ClN2O2/c1-13(2)18(14-5-9-16(21)10-6-14)19(24)22-17-11-7-15(8-12-17)20(25)23(3)4/h5-13,18H,1-4H3,(H,22,24)/t18-/m0/s1. The van der Waals surface area contributed by atoms with Crippen molar-refractivity contribution in [3.8, 4) is 0 Å². The molecule has 0 aliphatic rings. The molecule has 2 rings (SSSR count). The van der Waals surface area contributed by atoms with Crippen LogP contribution in [0.4, 0.5) is 5.69 Å². The topological polar surface area (TPSA) is 49.4 Å². The molecule has 0 aliphatic heterocycles. The number of carbonyl (C=O) groups is 2. The van der Waals surface area contributed by atoms with Crippen LogP contribution in [0.3, 0.4) is 0 Å². The second-order valence-corrected chi connectivity index (χ2v) is 6.98. The highest BCUT2D eigenvalue weighted by atomic mass is 35.5. The van der Waals surface area contributed by atoms with Gasteiger partial charge in [0.1, 0.15) is 0 Å². The van der Waals surface area contributed by atoms with E-state index in [-0.39, 0.29) is 23.7 Å². The summed E-state index contributed by atoms with van der Waals surface area (Å²) in [6, 6.07) is 14.3. The summed E-state index contributed by atoms with van der Waals surface area (Å²) in [6.45, 7) is 4.02. The minimum Gasteiger partial charge on any atom is -0.345 e. The maximum atomic E-state index is 12.7. The van der Waals surface area contributed by atoms with Crippen LogP contribution in [0.5, 0.6) is 0 Å². The number of rotatable bonds is 5. The van der Waals surface area contributed by atoms with E-state index in [2.05, 4.69) is 5.32 Å². The Morgan fingerprint density at radius 3 is 2.00 bits per heavy atom. The summed E-state index contributed by atoms with van der Waals surface area (Å²) < 4.78 is 0. The molecule has 0 radical (unpaired) electrons. The van der Waals surface area contributed by atoms with Crippen molar-refractivity contribution >= 4 is 29.1 Å². The predicted octanol–water partition coefficient (Wildman–Crippen LogP) is 4.42. The average molecular weight is 359 g/mol. The molecule has 0 heterocycles. The van der Waals surface area contributed by atoms with Gasteiger partial charge in [-0.05, 0) is 47.9 Å². The molecule has 0 spiro atoms. The van der Waals surface area contributed by atoms with E-state index in [9.17, 15) is 9.59 Å². The molecule has 2 aromatic carbocycles. The molecule has 0 fully saturated rings. The summed E-state index contributed by atoms with van der Waals surface area (Å²) in [6.07, 6.45) is 0. The van der Waals surface area contributed by atoms with E-state index in [0.717, 1.165) is 5.56 Å². The smallest absolute Gasteiger partial charge is 0.253 e. The number of halogens is 1. The van der Waals surface area contributed by atoms with Crippen LogP contribution in [0.1, 0.15) is 35.7 Å². The normalized spacial score (nSPS) is 11.9. The van der Waals surface area contributed by atoms with E-state index in [1.807, 2.05) is 26.0 Å². The van der Waals surface area contributed by atoms with Gasteiger partial charge in [-0.2, -0.15) is 0 Å². The number of benzene rings is 2. The van der Waals surface area contributed by atoms with E-state index < -0.39 is 0 Å². The van der Waals surface area contributed by atoms with Crippen molar-refractivity contribution in [3.05, 3.63) is 64.7 Å². The third-order valence-electron chi connectivity index (χ3n) is 3.98. The van der Waals surface area contributed by atoms with Crippen LogP contribution < -0.4 is 5.32 Å². The van der Waals surface area contributed by atoms with Crippen molar-refractivity contribution in [2.45, 2.75) is 19.8 Å². The van der Waals surface area contributed by atoms with Crippen molar-refractivity contribution in [1.82, 2.24) is 4.90 Å². The summed E-state index contributed by atoms with van der Waals surface area (Å²) in [4.78, 5) is 26.2. The van der Waals surface area contributed by atoms with Crippen molar-refractivity contribution in [2.75, 3.05) is 19.4 Å². The lowest BCUT2D eigenvalue weighted by atomic mass is 9.87. The Kier molecular flexibility index (Phi) is 6.21. The Hall–Kier alpha value is -2.33. The molecular formula is C20H23ClN2O2. The Morgan fingerprint density at radius 2 is 1.52 bits per heavy atom. The number of anilines is 1. The first kappa shape index (κ1) is 19.0. The number of carbonyl (C=O) groups excluding carboxylic acids is 2. The van der Waals surface area contributed by atoms with Gasteiger partial charge in [0.25, 0.3) is 5.91 Å². The molecule has 4 nitrogen and oxygen atoms in total. The summed E-state index contributed by atoms with van der Waals surface area (Å²) in [7, 11) is 3.41. The fourth-order valence-electron chi connectivity index (χ4n) is 2.68. The number of amides is 2. The third-order valence-corrected chi connectivity index (χ3v) is 4.24. The van der Waals surface area contributed by atoms with Crippen LogP contribution >= 0.6 is 11.6 Å². The summed E-state index contributed by atoms with van der Waals surface area (Å²) in [5, 5.41) is 3.58. The highest BCUT2D eigenvalue weighted by Gasteiger charge is 2.24. The molecule has 1 atom stereocenters. The molecule has 0 saturated heterocycles. The van der Waals surface area contributed by atoms with Crippen LogP contribution in [0.15, 0.2) is 48.5 Å². The second-order valence-electron chi connectivity index (χ2n) is 6.54. The van der Waals surface area contributed by atoms with Gasteiger partial charge in [-0.25, -0.2) is 0 Å². The van der Waals surface area contributed by atoms with Crippen LogP contribution in [0, 0.1) is 5.92 Å². The van der Waals surface area contributed by atoms with Crippen molar-refractivity contribution < 1.29 is 9.59 Å². The Labute approximate surface area is 153 Å². The lowest BCUT2D eigenvalue weighted by molar-refractivity contribution is -0.118. The SMILES string of the molecule is CC(C)[C@H](C(=O)Nc1ccc(C(=O)N(C)C)cc1)c1ccc(Cl)cc1. The van der Waals surface area contributed by atoms with Crippen molar-refractivity contribution in [1.29, 1.82) is 0 Å². The average Bonchev–Trinajstić information content (AvgIpc) is 2.56. The summed E-state index contributed by atoms with van der Waals surface area (Å²) in [5.41, 5.74) is 2.18. The van der Waals surface area contributed by atoms with E-state index in [1.54, 1.807) is 50.5 Å². The summed E-state index contributed by atoms with van der Waals surface area (Å²) in [5.74, 6) is -0.292. The Bertz CT molecular complexity index is 737. The molecule has 132 valence electrons. The number of hydrogen-bond acceptors (Lipinski definition) is 2. The molecule has 25 heavy (non-hydrogen) atoms. The van der Waals surface area contributed by atoms with Gasteiger partial charge >= 0.3 is 0 Å². The fourth-order valence-corrected chi connectivity index (χ4v) is 2.81. The molecule has 1 N–H and O–H groups in total. The van der Waals surface area contributed by atoms with Crippen LogP contribution in [-0.2, 0) is 4.79 Å². The summed E-state index contributed by atoms with van der Waals surface area (Å²) >= 11 is 5.94. The highest BCUT2D eigenvalue weighted by molar-refractivity contribution is 6.30. The zero-order chi connectivity index (χ0) is 18.6. The van der Waals surface area contributed by atoms with Gasteiger partial charge in [0.15, 0.2) is 0 Å². The lowest BCUT2D eigenvalue weighted by Gasteiger charge is -2.21. The zero-order valence-electron chi connectivity index (χ0n) is 14.9. The molecule has 2 aromatic rings. The van der Waals surface area contributed by atoms with Gasteiger partial charge in [0.2, 0.25) is 5.91 Å². The first-order valence-corrected chi connectivity index (χ1v) is 8.55. The first-order chi connectivity index (χ1) is 11.8. The van der Waals surface area contributed by atoms with Gasteiger partial charge in [0.05, 0.1) is 5.92 Å². The minimum absolute atomic E-state index is 0.0703. The maximum absolute atomic E-state index is 12.7. The molecule has 2 amide bonds. The molecule has 0 unspecified atom stereocenters. The fraction of sp³-hybridized carbons (Fsp3) is 0.300. The van der Waals surface area contributed by atoms with E-state index in [0.29, 0.717) is 16.3 Å². The monoisotopic (exact) mass is 358 g/mol. The van der Waals surface area contributed by atoms with Gasteiger partial charge in [-0.1, -0.05) is 37.6 Å². The van der Waals surface area contributed by atoms with Crippen molar-refractivity contribution in [3.63, 3.8) is 0 Å². The zero-order valence-corrected chi connectivity index (χ0v) is 15.7. The molecule has 5 heteroatoms. The first-order valence-electron chi connectivity index (χ1n) is 8.17. The molecule has 0 aromatic heterocycles. The largest absolute Gasteiger partial charge is 0.345 e. The quantitative estimate of drug-likeness (QED) is 0.860. The Morgan fingerprint density at radius 1 is 0.960 bits per heavy atom. The minimum atomic E-state index is -0.277. The second kappa shape index (κ2) is 8.17. The van der Waals surface area contributed by atoms with Gasteiger partial charge in [-0.15, -0.1) is 0 Å². The third kappa shape index (κ3) is 4.83. The number of hydrogen-bond donors (Lipinski definition) is 1. The van der Waals surface area contributed by atoms with Gasteiger partial charge in [-0.3, -0.25) is 9.59 Å². The molecule has 0 bridgehead atoms. The van der Waals surface area contributed by atoms with Crippen LogP contribution in [-0.4, -0.2) is 30.8 Å².